The van der Waals surface area contributed by atoms with Crippen LogP contribution in [0.4, 0.5) is 8.78 Å². The van der Waals surface area contributed by atoms with Gasteiger partial charge in [-0.3, -0.25) is 4.68 Å². The Hall–Kier alpha value is -3.03. The van der Waals surface area contributed by atoms with Gasteiger partial charge in [0.15, 0.2) is 0 Å². The quantitative estimate of drug-likeness (QED) is 0.587. The molecule has 0 atom stereocenters. The number of H-pyrrole nitrogens is 1. The molecule has 3 aromatic heterocycles. The molecule has 26 heavy (non-hydrogen) atoms. The molecule has 0 saturated carbocycles. The van der Waals surface area contributed by atoms with Gasteiger partial charge >= 0.3 is 0 Å². The van der Waals surface area contributed by atoms with E-state index in [4.69, 9.17) is 4.52 Å². The molecule has 6 nitrogen and oxygen atoms in total. The largest absolute Gasteiger partial charge is 0.361 e. The summed E-state index contributed by atoms with van der Waals surface area (Å²) in [6.45, 7) is 5.51. The summed E-state index contributed by atoms with van der Waals surface area (Å²) < 4.78 is 33.7. The molecule has 0 aliphatic heterocycles. The summed E-state index contributed by atoms with van der Waals surface area (Å²) in [6, 6.07) is 3.78. The average molecular weight is 357 g/mol. The van der Waals surface area contributed by atoms with Gasteiger partial charge in [-0.1, -0.05) is 5.16 Å². The number of aromatic nitrogens is 5. The van der Waals surface area contributed by atoms with Crippen molar-refractivity contribution in [3.05, 3.63) is 41.3 Å². The van der Waals surface area contributed by atoms with E-state index in [2.05, 4.69) is 20.2 Å². The molecule has 134 valence electrons. The molecule has 0 spiro atoms. The number of imidazole rings is 1. The second-order valence-electron chi connectivity index (χ2n) is 6.34. The molecule has 0 bridgehead atoms. The smallest absolute Gasteiger partial charge is 0.282 e. The highest BCUT2D eigenvalue weighted by atomic mass is 19.3. The summed E-state index contributed by atoms with van der Waals surface area (Å²) >= 11 is 0. The Balaban J connectivity index is 2.06. The van der Waals surface area contributed by atoms with Gasteiger partial charge < -0.3 is 9.51 Å². The maximum absolute atomic E-state index is 13.5. The average Bonchev–Trinajstić information content (AvgIpc) is 3.23. The number of benzene rings is 1. The Bertz CT molecular complexity index is 1100. The highest BCUT2D eigenvalue weighted by Gasteiger charge is 2.23. The van der Waals surface area contributed by atoms with Gasteiger partial charge in [-0.15, -0.1) is 0 Å². The van der Waals surface area contributed by atoms with Crippen LogP contribution in [0.15, 0.2) is 22.9 Å². The number of nitrogens with one attached hydrogen (secondary N) is 1. The SMILES string of the molecule is Cc1nc2c(-c3cn(C)nc3C(F)F)cc(-c3c(C)noc3C)cc2[nH]1. The van der Waals surface area contributed by atoms with Crippen molar-refractivity contribution in [1.82, 2.24) is 24.9 Å². The van der Waals surface area contributed by atoms with Crippen LogP contribution in [0.25, 0.3) is 33.3 Å². The van der Waals surface area contributed by atoms with E-state index < -0.39 is 6.43 Å². The molecule has 0 amide bonds. The van der Waals surface area contributed by atoms with Gasteiger partial charge in [-0.2, -0.15) is 5.10 Å². The maximum atomic E-state index is 13.5. The van der Waals surface area contributed by atoms with Crippen molar-refractivity contribution < 1.29 is 13.3 Å². The van der Waals surface area contributed by atoms with E-state index in [1.54, 1.807) is 13.2 Å². The molecule has 0 aliphatic carbocycles. The Morgan fingerprint density at radius 3 is 2.58 bits per heavy atom. The van der Waals surface area contributed by atoms with Crippen LogP contribution in [0, 0.1) is 20.8 Å². The molecular weight excluding hydrogens is 340 g/mol. The van der Waals surface area contributed by atoms with E-state index in [1.807, 2.05) is 32.9 Å². The Kier molecular flexibility index (Phi) is 3.64. The van der Waals surface area contributed by atoms with Crippen molar-refractivity contribution >= 4 is 11.0 Å². The lowest BCUT2D eigenvalue weighted by atomic mass is 9.97. The fourth-order valence-electron chi connectivity index (χ4n) is 3.36. The third kappa shape index (κ3) is 2.49. The number of aryl methyl sites for hydroxylation is 4. The summed E-state index contributed by atoms with van der Waals surface area (Å²) in [4.78, 5) is 7.68. The summed E-state index contributed by atoms with van der Waals surface area (Å²) in [5.74, 6) is 1.38. The van der Waals surface area contributed by atoms with Crippen LogP contribution in [0.3, 0.4) is 0 Å². The number of alkyl halides is 2. The minimum absolute atomic E-state index is 0.259. The van der Waals surface area contributed by atoms with E-state index in [-0.39, 0.29) is 5.69 Å². The van der Waals surface area contributed by atoms with E-state index in [0.717, 1.165) is 22.3 Å². The minimum atomic E-state index is -2.68. The van der Waals surface area contributed by atoms with Crippen molar-refractivity contribution in [2.45, 2.75) is 27.2 Å². The molecule has 3 heterocycles. The minimum Gasteiger partial charge on any atom is -0.361 e. The first-order valence-electron chi connectivity index (χ1n) is 8.11. The highest BCUT2D eigenvalue weighted by Crippen LogP contribution is 2.38. The zero-order chi connectivity index (χ0) is 18.6. The van der Waals surface area contributed by atoms with Gasteiger partial charge in [0, 0.05) is 29.9 Å². The van der Waals surface area contributed by atoms with Crippen LogP contribution in [-0.4, -0.2) is 24.9 Å². The number of rotatable bonds is 3. The second kappa shape index (κ2) is 5.76. The van der Waals surface area contributed by atoms with Crippen molar-refractivity contribution in [3.8, 4) is 22.3 Å². The van der Waals surface area contributed by atoms with Crippen LogP contribution in [0.1, 0.15) is 29.4 Å². The van der Waals surface area contributed by atoms with Gasteiger partial charge in [-0.25, -0.2) is 13.8 Å². The molecule has 8 heteroatoms. The number of hydrogen-bond acceptors (Lipinski definition) is 4. The molecule has 4 aromatic rings. The standard InChI is InChI=1S/C18H17F2N5O/c1-8-15(9(2)26-24-8)11-5-12(16-14(6-11)21-10(3)22-16)13-7-25(4)23-17(13)18(19)20/h5-7,18H,1-4H3,(H,21,22). The molecule has 4 rings (SSSR count). The first-order chi connectivity index (χ1) is 12.3. The topological polar surface area (TPSA) is 72.5 Å². The highest BCUT2D eigenvalue weighted by molar-refractivity contribution is 5.97. The van der Waals surface area contributed by atoms with E-state index in [0.29, 0.717) is 28.2 Å². The zero-order valence-corrected chi connectivity index (χ0v) is 14.8. The summed E-state index contributed by atoms with van der Waals surface area (Å²) in [5.41, 5.74) is 4.53. The van der Waals surface area contributed by atoms with Gasteiger partial charge in [-0.05, 0) is 38.5 Å². The van der Waals surface area contributed by atoms with Crippen molar-refractivity contribution in [3.63, 3.8) is 0 Å². The number of halogens is 2. The van der Waals surface area contributed by atoms with Crippen LogP contribution in [0.2, 0.25) is 0 Å². The van der Waals surface area contributed by atoms with Crippen molar-refractivity contribution in [1.29, 1.82) is 0 Å². The van der Waals surface area contributed by atoms with E-state index in [1.165, 1.54) is 4.68 Å². The third-order valence-electron chi connectivity index (χ3n) is 4.38. The monoisotopic (exact) mass is 357 g/mol. The van der Waals surface area contributed by atoms with Crippen LogP contribution >= 0.6 is 0 Å². The Labute approximate surface area is 147 Å². The Morgan fingerprint density at radius 2 is 1.92 bits per heavy atom. The van der Waals surface area contributed by atoms with Gasteiger partial charge in [0.2, 0.25) is 0 Å². The van der Waals surface area contributed by atoms with E-state index in [9.17, 15) is 8.78 Å². The van der Waals surface area contributed by atoms with Gasteiger partial charge in [0.1, 0.15) is 17.3 Å². The molecule has 0 fully saturated rings. The fraction of sp³-hybridized carbons (Fsp3) is 0.278. The molecular formula is C18H17F2N5O. The van der Waals surface area contributed by atoms with Gasteiger partial charge in [0.05, 0.1) is 16.7 Å². The summed E-state index contributed by atoms with van der Waals surface area (Å²) in [6.07, 6.45) is -1.08. The normalized spacial score (nSPS) is 11.8. The lowest BCUT2D eigenvalue weighted by Crippen LogP contribution is -1.92. The number of aromatic amines is 1. The third-order valence-corrected chi connectivity index (χ3v) is 4.38. The maximum Gasteiger partial charge on any atom is 0.282 e. The molecule has 1 aromatic carbocycles. The van der Waals surface area contributed by atoms with Crippen molar-refractivity contribution in [2.24, 2.45) is 7.05 Å². The number of nitrogens with zero attached hydrogens (tertiary/aromatic N) is 4. The summed E-state index contributed by atoms with van der Waals surface area (Å²) in [7, 11) is 1.63. The van der Waals surface area contributed by atoms with Crippen LogP contribution in [0.5, 0.6) is 0 Å². The second-order valence-corrected chi connectivity index (χ2v) is 6.34. The van der Waals surface area contributed by atoms with Crippen LogP contribution < -0.4 is 0 Å². The molecule has 0 aliphatic rings. The molecule has 0 unspecified atom stereocenters. The Morgan fingerprint density at radius 1 is 1.15 bits per heavy atom. The zero-order valence-electron chi connectivity index (χ0n) is 14.8. The lowest BCUT2D eigenvalue weighted by molar-refractivity contribution is 0.146. The lowest BCUT2D eigenvalue weighted by Gasteiger charge is -2.07. The molecule has 0 saturated heterocycles. The molecule has 1 N–H and O–H groups in total. The predicted octanol–water partition coefficient (Wildman–Crippen LogP) is 4.48. The first kappa shape index (κ1) is 16.4. The fourth-order valence-corrected chi connectivity index (χ4v) is 3.36. The van der Waals surface area contributed by atoms with Crippen molar-refractivity contribution in [2.75, 3.05) is 0 Å². The van der Waals surface area contributed by atoms with Crippen LogP contribution in [-0.2, 0) is 7.05 Å². The van der Waals surface area contributed by atoms with E-state index >= 15 is 0 Å². The van der Waals surface area contributed by atoms with Gasteiger partial charge in [0.25, 0.3) is 6.43 Å². The molecule has 0 radical (unpaired) electrons. The number of hydrogen-bond donors (Lipinski definition) is 1. The number of fused-ring (bicyclic) bond motifs is 1. The summed E-state index contributed by atoms with van der Waals surface area (Å²) in [5, 5.41) is 7.92. The first-order valence-corrected chi connectivity index (χ1v) is 8.11. The predicted molar refractivity (Wildman–Crippen MR) is 93.0 cm³/mol.